The van der Waals surface area contributed by atoms with E-state index in [1.807, 2.05) is 14.0 Å². The van der Waals surface area contributed by atoms with Gasteiger partial charge in [0.15, 0.2) is 0 Å². The topological polar surface area (TPSA) is 21.3 Å². The highest BCUT2D eigenvalue weighted by atomic mass is 16.5. The molecule has 0 saturated heterocycles. The zero-order valence-electron chi connectivity index (χ0n) is 7.48. The maximum Gasteiger partial charge on any atom is 0.0721 e. The molecule has 0 spiro atoms. The van der Waals surface area contributed by atoms with E-state index in [2.05, 4.69) is 19.2 Å². The largest absolute Gasteiger partial charge is 0.377 e. The molecule has 0 rings (SSSR count). The van der Waals surface area contributed by atoms with Gasteiger partial charge in [0.2, 0.25) is 0 Å². The molecule has 0 saturated carbocycles. The molecule has 10 heavy (non-hydrogen) atoms. The fourth-order valence-electron chi connectivity index (χ4n) is 0.902. The molecule has 62 valence electrons. The monoisotopic (exact) mass is 145 g/mol. The molecule has 2 heteroatoms. The van der Waals surface area contributed by atoms with Crippen LogP contribution >= 0.6 is 0 Å². The molecule has 2 nitrogen and oxygen atoms in total. The smallest absolute Gasteiger partial charge is 0.0721 e. The molecule has 0 aromatic carbocycles. The Bertz CT molecular complexity index is 67.7. The third kappa shape index (κ3) is 3.85. The van der Waals surface area contributed by atoms with Crippen molar-refractivity contribution in [1.82, 2.24) is 5.32 Å². The van der Waals surface area contributed by atoms with Crippen molar-refractivity contribution in [2.45, 2.75) is 26.9 Å². The van der Waals surface area contributed by atoms with Gasteiger partial charge in [0.05, 0.1) is 6.10 Å². The van der Waals surface area contributed by atoms with Gasteiger partial charge in [0, 0.05) is 13.2 Å². The molecule has 0 fully saturated rings. The molecule has 0 radical (unpaired) electrons. The van der Waals surface area contributed by atoms with Crippen LogP contribution in [0.3, 0.4) is 0 Å². The standard InChI is InChI=1S/C8H19NO/c1-5-10-8(6-9-4)7(2)3/h7-9H,5-6H2,1-4H3. The zero-order chi connectivity index (χ0) is 7.98. The molecule has 0 amide bonds. The quantitative estimate of drug-likeness (QED) is 0.629. The second kappa shape index (κ2) is 5.69. The van der Waals surface area contributed by atoms with Gasteiger partial charge in [-0.15, -0.1) is 0 Å². The average Bonchev–Trinajstić information content (AvgIpc) is 1.87. The summed E-state index contributed by atoms with van der Waals surface area (Å²) in [5, 5.41) is 3.11. The van der Waals surface area contributed by atoms with Crippen LogP contribution < -0.4 is 5.32 Å². The molecule has 0 aromatic heterocycles. The van der Waals surface area contributed by atoms with E-state index in [0.29, 0.717) is 12.0 Å². The fraction of sp³-hybridized carbons (Fsp3) is 1.00. The van der Waals surface area contributed by atoms with Gasteiger partial charge in [-0.2, -0.15) is 0 Å². The fourth-order valence-corrected chi connectivity index (χ4v) is 0.902. The first-order chi connectivity index (χ1) is 4.72. The predicted molar refractivity (Wildman–Crippen MR) is 44.2 cm³/mol. The Morgan fingerprint density at radius 3 is 2.30 bits per heavy atom. The normalized spacial score (nSPS) is 14.1. The van der Waals surface area contributed by atoms with Gasteiger partial charge >= 0.3 is 0 Å². The van der Waals surface area contributed by atoms with Gasteiger partial charge in [0.25, 0.3) is 0 Å². The van der Waals surface area contributed by atoms with Gasteiger partial charge in [0.1, 0.15) is 0 Å². The Hall–Kier alpha value is -0.0800. The summed E-state index contributed by atoms with van der Waals surface area (Å²) in [5.74, 6) is 0.604. The van der Waals surface area contributed by atoms with Crippen LogP contribution in [-0.2, 0) is 4.74 Å². The van der Waals surface area contributed by atoms with Gasteiger partial charge in [-0.05, 0) is 19.9 Å². The summed E-state index contributed by atoms with van der Waals surface area (Å²) in [4.78, 5) is 0. The average molecular weight is 145 g/mol. The van der Waals surface area contributed by atoms with Crippen molar-refractivity contribution in [3.63, 3.8) is 0 Å². The number of likely N-dealkylation sites (N-methyl/N-ethyl adjacent to an activating group) is 1. The summed E-state index contributed by atoms with van der Waals surface area (Å²) >= 11 is 0. The molecule has 0 aliphatic carbocycles. The lowest BCUT2D eigenvalue weighted by Crippen LogP contribution is -2.31. The minimum absolute atomic E-state index is 0.370. The van der Waals surface area contributed by atoms with Crippen LogP contribution in [0, 0.1) is 5.92 Å². The maximum atomic E-state index is 5.48. The Balaban J connectivity index is 3.50. The lowest BCUT2D eigenvalue weighted by molar-refractivity contribution is 0.0324. The van der Waals surface area contributed by atoms with Crippen LogP contribution in [0.25, 0.3) is 0 Å². The van der Waals surface area contributed by atoms with E-state index >= 15 is 0 Å². The zero-order valence-corrected chi connectivity index (χ0v) is 7.48. The van der Waals surface area contributed by atoms with Crippen molar-refractivity contribution in [2.75, 3.05) is 20.2 Å². The van der Waals surface area contributed by atoms with E-state index in [1.165, 1.54) is 0 Å². The second-order valence-electron chi connectivity index (χ2n) is 2.80. The Kier molecular flexibility index (Phi) is 5.64. The molecule has 0 aliphatic rings. The number of ether oxygens (including phenoxy) is 1. The third-order valence-corrected chi connectivity index (χ3v) is 1.53. The van der Waals surface area contributed by atoms with Crippen LogP contribution in [0.15, 0.2) is 0 Å². The first kappa shape index (κ1) is 9.92. The number of hydrogen-bond donors (Lipinski definition) is 1. The summed E-state index contributed by atoms with van der Waals surface area (Å²) in [6, 6.07) is 0. The van der Waals surface area contributed by atoms with Crippen LogP contribution in [0.4, 0.5) is 0 Å². The van der Waals surface area contributed by atoms with Crippen molar-refractivity contribution in [2.24, 2.45) is 5.92 Å². The minimum atomic E-state index is 0.370. The van der Waals surface area contributed by atoms with Crippen molar-refractivity contribution in [3.05, 3.63) is 0 Å². The first-order valence-electron chi connectivity index (χ1n) is 3.98. The number of rotatable bonds is 5. The highest BCUT2D eigenvalue weighted by Crippen LogP contribution is 2.04. The van der Waals surface area contributed by atoms with Gasteiger partial charge in [-0.1, -0.05) is 13.8 Å². The van der Waals surface area contributed by atoms with Crippen LogP contribution in [0.1, 0.15) is 20.8 Å². The Morgan fingerprint density at radius 2 is 2.00 bits per heavy atom. The summed E-state index contributed by atoms with van der Waals surface area (Å²) in [5.41, 5.74) is 0. The SMILES string of the molecule is CCOC(CNC)C(C)C. The van der Waals surface area contributed by atoms with E-state index in [1.54, 1.807) is 0 Å². The Morgan fingerprint density at radius 1 is 1.40 bits per heavy atom. The molecule has 1 N–H and O–H groups in total. The highest BCUT2D eigenvalue weighted by Gasteiger charge is 2.10. The van der Waals surface area contributed by atoms with Gasteiger partial charge in [-0.25, -0.2) is 0 Å². The summed E-state index contributed by atoms with van der Waals surface area (Å²) < 4.78 is 5.48. The third-order valence-electron chi connectivity index (χ3n) is 1.53. The molecular formula is C8H19NO. The molecule has 1 unspecified atom stereocenters. The van der Waals surface area contributed by atoms with Crippen molar-refractivity contribution >= 4 is 0 Å². The van der Waals surface area contributed by atoms with E-state index in [-0.39, 0.29) is 0 Å². The van der Waals surface area contributed by atoms with Crippen LogP contribution in [-0.4, -0.2) is 26.3 Å². The van der Waals surface area contributed by atoms with E-state index in [4.69, 9.17) is 4.74 Å². The molecule has 0 bridgehead atoms. The summed E-state index contributed by atoms with van der Waals surface area (Å²) in [6.45, 7) is 8.15. The van der Waals surface area contributed by atoms with Crippen molar-refractivity contribution in [3.8, 4) is 0 Å². The van der Waals surface area contributed by atoms with Crippen molar-refractivity contribution < 1.29 is 4.74 Å². The van der Waals surface area contributed by atoms with Gasteiger partial charge in [-0.3, -0.25) is 0 Å². The first-order valence-corrected chi connectivity index (χ1v) is 3.98. The highest BCUT2D eigenvalue weighted by molar-refractivity contribution is 4.63. The van der Waals surface area contributed by atoms with Crippen molar-refractivity contribution in [1.29, 1.82) is 0 Å². The molecular weight excluding hydrogens is 126 g/mol. The van der Waals surface area contributed by atoms with Gasteiger partial charge < -0.3 is 10.1 Å². The molecule has 0 aromatic rings. The maximum absolute atomic E-state index is 5.48. The molecule has 0 heterocycles. The number of nitrogens with one attached hydrogen (secondary N) is 1. The Labute approximate surface area is 64.0 Å². The van der Waals surface area contributed by atoms with Crippen LogP contribution in [0.5, 0.6) is 0 Å². The van der Waals surface area contributed by atoms with Crippen LogP contribution in [0.2, 0.25) is 0 Å². The minimum Gasteiger partial charge on any atom is -0.377 e. The lowest BCUT2D eigenvalue weighted by atomic mass is 10.1. The molecule has 1 atom stereocenters. The second-order valence-corrected chi connectivity index (χ2v) is 2.80. The van der Waals surface area contributed by atoms with E-state index in [9.17, 15) is 0 Å². The predicted octanol–water partition coefficient (Wildman–Crippen LogP) is 1.27. The summed E-state index contributed by atoms with van der Waals surface area (Å²) in [6.07, 6.45) is 0.370. The van der Waals surface area contributed by atoms with E-state index in [0.717, 1.165) is 13.2 Å². The number of hydrogen-bond acceptors (Lipinski definition) is 2. The molecule has 0 aliphatic heterocycles. The van der Waals surface area contributed by atoms with E-state index < -0.39 is 0 Å². The summed E-state index contributed by atoms with van der Waals surface area (Å²) in [7, 11) is 1.95. The lowest BCUT2D eigenvalue weighted by Gasteiger charge is -2.19.